The summed E-state index contributed by atoms with van der Waals surface area (Å²) in [5, 5.41) is 8.58. The third-order valence-corrected chi connectivity index (χ3v) is 5.07. The van der Waals surface area contributed by atoms with Gasteiger partial charge in [0, 0.05) is 44.0 Å². The maximum absolute atomic E-state index is 12.8. The van der Waals surface area contributed by atoms with Gasteiger partial charge in [-0.3, -0.25) is 9.48 Å². The lowest BCUT2D eigenvalue weighted by Crippen LogP contribution is -2.38. The van der Waals surface area contributed by atoms with Crippen molar-refractivity contribution in [1.29, 1.82) is 0 Å². The standard InChI is InChI=1S/C19H23N7O/c1-24-19(20)22-17(23-24)15-7-11-25(12-8-15)18(27)16-5-3-14(4-6-16)13-26-10-2-9-21-26/h2-6,9-10,15H,7-8,11-13H2,1H3,(H2,20,22,23). The molecular formula is C19H23N7O. The number of piperidine rings is 1. The number of benzene rings is 1. The second-order valence-electron chi connectivity index (χ2n) is 6.92. The Labute approximate surface area is 157 Å². The van der Waals surface area contributed by atoms with Gasteiger partial charge in [-0.2, -0.15) is 15.2 Å². The first-order chi connectivity index (χ1) is 13.1. The van der Waals surface area contributed by atoms with Gasteiger partial charge in [0.25, 0.3) is 5.91 Å². The van der Waals surface area contributed by atoms with E-state index in [9.17, 15) is 4.79 Å². The number of anilines is 1. The van der Waals surface area contributed by atoms with Crippen molar-refractivity contribution in [3.05, 3.63) is 59.7 Å². The number of nitrogen functional groups attached to an aromatic ring is 1. The Morgan fingerprint density at radius 2 is 1.96 bits per heavy atom. The molecule has 1 aliphatic rings. The number of carbonyl (C=O) groups is 1. The number of amides is 1. The summed E-state index contributed by atoms with van der Waals surface area (Å²) in [4.78, 5) is 19.0. The maximum Gasteiger partial charge on any atom is 0.253 e. The highest BCUT2D eigenvalue weighted by atomic mass is 16.2. The number of nitrogens with zero attached hydrogens (tertiary/aromatic N) is 6. The number of hydrogen-bond donors (Lipinski definition) is 1. The minimum atomic E-state index is 0.0765. The van der Waals surface area contributed by atoms with Gasteiger partial charge in [-0.1, -0.05) is 12.1 Å². The lowest BCUT2D eigenvalue weighted by atomic mass is 9.95. The Bertz CT molecular complexity index is 887. The van der Waals surface area contributed by atoms with Gasteiger partial charge < -0.3 is 10.6 Å². The summed E-state index contributed by atoms with van der Waals surface area (Å²) < 4.78 is 3.46. The first-order valence-electron chi connectivity index (χ1n) is 9.12. The highest BCUT2D eigenvalue weighted by Gasteiger charge is 2.27. The van der Waals surface area contributed by atoms with Crippen molar-refractivity contribution in [2.75, 3.05) is 18.8 Å². The maximum atomic E-state index is 12.8. The van der Waals surface area contributed by atoms with Crippen LogP contribution in [0.1, 0.15) is 40.5 Å². The van der Waals surface area contributed by atoms with Gasteiger partial charge in [0.05, 0.1) is 6.54 Å². The van der Waals surface area contributed by atoms with Crippen LogP contribution in [-0.2, 0) is 13.6 Å². The van der Waals surface area contributed by atoms with Gasteiger partial charge in [0.15, 0.2) is 5.82 Å². The number of aromatic nitrogens is 5. The van der Waals surface area contributed by atoms with Crippen molar-refractivity contribution in [2.24, 2.45) is 7.05 Å². The molecular weight excluding hydrogens is 342 g/mol. The SMILES string of the molecule is Cn1nc(C2CCN(C(=O)c3ccc(Cn4cccn4)cc3)CC2)nc1N. The Morgan fingerprint density at radius 1 is 1.22 bits per heavy atom. The molecule has 0 spiro atoms. The number of carbonyl (C=O) groups excluding carboxylic acids is 1. The van der Waals surface area contributed by atoms with Crippen LogP contribution in [0.15, 0.2) is 42.7 Å². The number of nitrogens with two attached hydrogens (primary N) is 1. The van der Waals surface area contributed by atoms with E-state index in [4.69, 9.17) is 5.73 Å². The molecule has 0 atom stereocenters. The second kappa shape index (κ2) is 7.22. The van der Waals surface area contributed by atoms with Crippen molar-refractivity contribution >= 4 is 11.9 Å². The first kappa shape index (κ1) is 17.3. The molecule has 0 aliphatic carbocycles. The van der Waals surface area contributed by atoms with E-state index in [0.29, 0.717) is 25.6 Å². The Kier molecular flexibility index (Phi) is 4.62. The van der Waals surface area contributed by atoms with Gasteiger partial charge in [-0.25, -0.2) is 4.68 Å². The molecule has 0 bridgehead atoms. The molecule has 4 rings (SSSR count). The molecule has 3 aromatic rings. The summed E-state index contributed by atoms with van der Waals surface area (Å²) in [7, 11) is 1.79. The molecule has 0 unspecified atom stereocenters. The Morgan fingerprint density at radius 3 is 2.56 bits per heavy atom. The van der Waals surface area contributed by atoms with E-state index in [1.165, 1.54) is 0 Å². The van der Waals surface area contributed by atoms with Crippen LogP contribution in [-0.4, -0.2) is 48.4 Å². The normalized spacial score (nSPS) is 15.2. The quantitative estimate of drug-likeness (QED) is 0.759. The molecule has 1 fully saturated rings. The van der Waals surface area contributed by atoms with Crippen molar-refractivity contribution < 1.29 is 4.79 Å². The molecule has 1 amide bonds. The van der Waals surface area contributed by atoms with Crippen molar-refractivity contribution in [3.8, 4) is 0 Å². The minimum Gasteiger partial charge on any atom is -0.368 e. The number of rotatable bonds is 4. The fraction of sp³-hybridized carbons (Fsp3) is 0.368. The van der Waals surface area contributed by atoms with Crippen LogP contribution < -0.4 is 5.73 Å². The number of aryl methyl sites for hydroxylation is 1. The molecule has 0 saturated carbocycles. The first-order valence-corrected chi connectivity index (χ1v) is 9.12. The monoisotopic (exact) mass is 365 g/mol. The zero-order valence-corrected chi connectivity index (χ0v) is 15.3. The predicted molar refractivity (Wildman–Crippen MR) is 101 cm³/mol. The Balaban J connectivity index is 1.36. The fourth-order valence-corrected chi connectivity index (χ4v) is 3.45. The average molecular weight is 365 g/mol. The van der Waals surface area contributed by atoms with E-state index in [1.54, 1.807) is 17.9 Å². The van der Waals surface area contributed by atoms with Crippen LogP contribution in [0.5, 0.6) is 0 Å². The van der Waals surface area contributed by atoms with Crippen molar-refractivity contribution in [3.63, 3.8) is 0 Å². The zero-order valence-electron chi connectivity index (χ0n) is 15.3. The lowest BCUT2D eigenvalue weighted by Gasteiger charge is -2.30. The minimum absolute atomic E-state index is 0.0765. The van der Waals surface area contributed by atoms with Gasteiger partial charge in [0.2, 0.25) is 5.95 Å². The van der Waals surface area contributed by atoms with Crippen LogP contribution in [0.4, 0.5) is 5.95 Å². The average Bonchev–Trinajstić information content (AvgIpc) is 3.32. The topological polar surface area (TPSA) is 94.9 Å². The molecule has 140 valence electrons. The van der Waals surface area contributed by atoms with Gasteiger partial charge >= 0.3 is 0 Å². The van der Waals surface area contributed by atoms with E-state index in [2.05, 4.69) is 15.2 Å². The molecule has 2 aromatic heterocycles. The molecule has 2 N–H and O–H groups in total. The van der Waals surface area contributed by atoms with Gasteiger partial charge in [-0.15, -0.1) is 0 Å². The van der Waals surface area contributed by atoms with Gasteiger partial charge in [-0.05, 0) is 36.6 Å². The summed E-state index contributed by atoms with van der Waals surface area (Å²) in [5.41, 5.74) is 7.61. The summed E-state index contributed by atoms with van der Waals surface area (Å²) in [6.07, 6.45) is 5.39. The fourth-order valence-electron chi connectivity index (χ4n) is 3.45. The molecule has 1 aliphatic heterocycles. The van der Waals surface area contributed by atoms with E-state index >= 15 is 0 Å². The van der Waals surface area contributed by atoms with Crippen molar-refractivity contribution in [2.45, 2.75) is 25.3 Å². The molecule has 1 aromatic carbocycles. The summed E-state index contributed by atoms with van der Waals surface area (Å²) in [6, 6.07) is 9.67. The van der Waals surface area contributed by atoms with Crippen molar-refractivity contribution in [1.82, 2.24) is 29.4 Å². The van der Waals surface area contributed by atoms with Crippen LogP contribution in [0.3, 0.4) is 0 Å². The zero-order chi connectivity index (χ0) is 18.8. The van der Waals surface area contributed by atoms with Gasteiger partial charge in [0.1, 0.15) is 0 Å². The summed E-state index contributed by atoms with van der Waals surface area (Å²) >= 11 is 0. The number of hydrogen-bond acceptors (Lipinski definition) is 5. The second-order valence-corrected chi connectivity index (χ2v) is 6.92. The third kappa shape index (κ3) is 3.69. The highest BCUT2D eigenvalue weighted by molar-refractivity contribution is 5.94. The molecule has 8 heteroatoms. The summed E-state index contributed by atoms with van der Waals surface area (Å²) in [6.45, 7) is 2.11. The Hall–Kier alpha value is -3.16. The van der Waals surface area contributed by atoms with Crippen LogP contribution in [0.2, 0.25) is 0 Å². The smallest absolute Gasteiger partial charge is 0.253 e. The lowest BCUT2D eigenvalue weighted by molar-refractivity contribution is 0.0711. The van der Waals surface area contributed by atoms with E-state index in [1.807, 2.05) is 46.1 Å². The van der Waals surface area contributed by atoms with E-state index in [0.717, 1.165) is 29.8 Å². The van der Waals surface area contributed by atoms with Crippen LogP contribution >= 0.6 is 0 Å². The largest absolute Gasteiger partial charge is 0.368 e. The molecule has 0 radical (unpaired) electrons. The predicted octanol–water partition coefficient (Wildman–Crippen LogP) is 1.66. The third-order valence-electron chi connectivity index (χ3n) is 5.07. The number of likely N-dealkylation sites (tertiary alicyclic amines) is 1. The van der Waals surface area contributed by atoms with E-state index in [-0.39, 0.29) is 11.8 Å². The molecule has 3 heterocycles. The van der Waals surface area contributed by atoms with Crippen LogP contribution in [0.25, 0.3) is 0 Å². The molecule has 1 saturated heterocycles. The van der Waals surface area contributed by atoms with E-state index < -0.39 is 0 Å². The molecule has 8 nitrogen and oxygen atoms in total. The summed E-state index contributed by atoms with van der Waals surface area (Å²) in [5.74, 6) is 1.55. The molecule has 27 heavy (non-hydrogen) atoms. The highest BCUT2D eigenvalue weighted by Crippen LogP contribution is 2.27. The van der Waals surface area contributed by atoms with Crippen LogP contribution in [0, 0.1) is 0 Å².